The second-order valence-electron chi connectivity index (χ2n) is 3.07. The first-order valence-electron chi connectivity index (χ1n) is 4.03. The fraction of sp³-hybridized carbons (Fsp3) is 0.200. The number of hydrogen-bond acceptors (Lipinski definition) is 2. The van der Waals surface area contributed by atoms with Crippen molar-refractivity contribution in [2.75, 3.05) is 6.26 Å². The highest BCUT2D eigenvalue weighted by Gasteiger charge is 2.04. The average molecular weight is 275 g/mol. The Morgan fingerprint density at radius 3 is 2.14 bits per heavy atom. The van der Waals surface area contributed by atoms with Crippen molar-refractivity contribution in [3.8, 4) is 0 Å². The Morgan fingerprint density at radius 2 is 1.79 bits per heavy atom. The fourth-order valence-corrected chi connectivity index (χ4v) is 1.94. The van der Waals surface area contributed by atoms with E-state index in [9.17, 15) is 8.42 Å². The van der Waals surface area contributed by atoms with Crippen LogP contribution in [0.5, 0.6) is 0 Å². The number of sulfone groups is 1. The highest BCUT2D eigenvalue weighted by atomic mass is 79.9. The molecule has 0 heterocycles. The summed E-state index contributed by atoms with van der Waals surface area (Å²) >= 11 is 3.31. The maximum Gasteiger partial charge on any atom is 0.175 e. The maximum atomic E-state index is 11.1. The van der Waals surface area contributed by atoms with Crippen LogP contribution in [0.2, 0.25) is 0 Å². The molecule has 0 spiro atoms. The van der Waals surface area contributed by atoms with Crippen molar-refractivity contribution in [3.05, 3.63) is 34.3 Å². The van der Waals surface area contributed by atoms with Gasteiger partial charge in [0, 0.05) is 6.26 Å². The third kappa shape index (κ3) is 3.27. The first-order chi connectivity index (χ1) is 6.39. The van der Waals surface area contributed by atoms with Crippen LogP contribution < -0.4 is 0 Å². The van der Waals surface area contributed by atoms with Crippen LogP contribution in [0.1, 0.15) is 12.5 Å². The Bertz CT molecular complexity index is 440. The summed E-state index contributed by atoms with van der Waals surface area (Å²) in [6.07, 6.45) is 3.12. The van der Waals surface area contributed by atoms with Gasteiger partial charge in [0.15, 0.2) is 9.84 Å². The second kappa shape index (κ2) is 4.28. The number of halogens is 1. The summed E-state index contributed by atoms with van der Waals surface area (Å²) in [6.45, 7) is 1.92. The zero-order valence-corrected chi connectivity index (χ0v) is 10.4. The molecule has 14 heavy (non-hydrogen) atoms. The van der Waals surface area contributed by atoms with Crippen molar-refractivity contribution < 1.29 is 8.42 Å². The molecule has 0 aliphatic rings. The van der Waals surface area contributed by atoms with Crippen molar-refractivity contribution in [1.82, 2.24) is 0 Å². The second-order valence-corrected chi connectivity index (χ2v) is 6.34. The van der Waals surface area contributed by atoms with E-state index in [4.69, 9.17) is 0 Å². The monoisotopic (exact) mass is 274 g/mol. The van der Waals surface area contributed by atoms with Gasteiger partial charge in [0.1, 0.15) is 0 Å². The van der Waals surface area contributed by atoms with E-state index in [-0.39, 0.29) is 0 Å². The smallest absolute Gasteiger partial charge is 0.175 e. The van der Waals surface area contributed by atoms with Crippen molar-refractivity contribution >= 4 is 31.8 Å². The minimum absolute atomic E-state index is 0.349. The third-order valence-corrected chi connectivity index (χ3v) is 3.03. The van der Waals surface area contributed by atoms with Gasteiger partial charge >= 0.3 is 0 Å². The van der Waals surface area contributed by atoms with Crippen LogP contribution in [0, 0.1) is 0 Å². The lowest BCUT2D eigenvalue weighted by Gasteiger charge is -1.98. The summed E-state index contributed by atoms with van der Waals surface area (Å²) < 4.78 is 23.3. The fourth-order valence-electron chi connectivity index (χ4n) is 1.04. The Kier molecular flexibility index (Phi) is 3.50. The van der Waals surface area contributed by atoms with E-state index < -0.39 is 9.84 Å². The van der Waals surface area contributed by atoms with E-state index in [2.05, 4.69) is 15.9 Å². The average Bonchev–Trinajstić information content (AvgIpc) is 2.02. The molecular formula is C10H11BrO2S. The van der Waals surface area contributed by atoms with E-state index in [0.29, 0.717) is 4.90 Å². The molecule has 4 heteroatoms. The number of benzene rings is 1. The third-order valence-electron chi connectivity index (χ3n) is 1.67. The zero-order valence-electron chi connectivity index (χ0n) is 7.99. The maximum absolute atomic E-state index is 11.1. The van der Waals surface area contributed by atoms with Gasteiger partial charge in [-0.25, -0.2) is 8.42 Å². The van der Waals surface area contributed by atoms with Gasteiger partial charge in [-0.05, 0) is 35.2 Å². The van der Waals surface area contributed by atoms with Crippen LogP contribution in [-0.2, 0) is 9.84 Å². The molecule has 1 aromatic rings. The van der Waals surface area contributed by atoms with Crippen LogP contribution in [-0.4, -0.2) is 14.7 Å². The summed E-state index contributed by atoms with van der Waals surface area (Å²) in [6, 6.07) is 6.77. The molecule has 0 saturated carbocycles. The van der Waals surface area contributed by atoms with Gasteiger partial charge in [-0.2, -0.15) is 0 Å². The summed E-state index contributed by atoms with van der Waals surface area (Å²) in [5, 5.41) is 0. The van der Waals surface area contributed by atoms with Crippen LogP contribution in [0.25, 0.3) is 6.08 Å². The van der Waals surface area contributed by atoms with Crippen molar-refractivity contribution in [1.29, 1.82) is 0 Å². The normalized spacial score (nSPS) is 12.9. The van der Waals surface area contributed by atoms with Gasteiger partial charge in [-0.15, -0.1) is 0 Å². The lowest BCUT2D eigenvalue weighted by Crippen LogP contribution is -1.96. The van der Waals surface area contributed by atoms with E-state index in [1.807, 2.05) is 13.0 Å². The highest BCUT2D eigenvalue weighted by molar-refractivity contribution is 9.11. The van der Waals surface area contributed by atoms with E-state index in [0.717, 1.165) is 10.0 Å². The standard InChI is InChI=1S/C10H11BrO2S/c1-8(11)7-9-3-5-10(6-4-9)14(2,12)13/h3-7H,1-2H3/b8-7-. The number of hydrogen-bond donors (Lipinski definition) is 0. The Balaban J connectivity index is 3.08. The quantitative estimate of drug-likeness (QED) is 0.831. The predicted octanol–water partition coefficient (Wildman–Crippen LogP) is 2.85. The Morgan fingerprint density at radius 1 is 1.29 bits per heavy atom. The molecule has 0 aromatic heterocycles. The van der Waals surface area contributed by atoms with Gasteiger partial charge in [0.05, 0.1) is 4.90 Å². The molecule has 0 aliphatic carbocycles. The summed E-state index contributed by atoms with van der Waals surface area (Å²) in [7, 11) is -3.08. The molecule has 2 nitrogen and oxygen atoms in total. The summed E-state index contributed by atoms with van der Waals surface area (Å²) in [4.78, 5) is 0.349. The van der Waals surface area contributed by atoms with Crippen molar-refractivity contribution in [2.24, 2.45) is 0 Å². The van der Waals surface area contributed by atoms with Gasteiger partial charge in [-0.1, -0.05) is 28.1 Å². The number of allylic oxidation sites excluding steroid dienone is 1. The lowest BCUT2D eigenvalue weighted by atomic mass is 10.2. The van der Waals surface area contributed by atoms with Crippen LogP contribution >= 0.6 is 15.9 Å². The Labute approximate surface area is 92.7 Å². The molecule has 0 radical (unpaired) electrons. The van der Waals surface area contributed by atoms with E-state index >= 15 is 0 Å². The van der Waals surface area contributed by atoms with Crippen molar-refractivity contribution in [3.63, 3.8) is 0 Å². The summed E-state index contributed by atoms with van der Waals surface area (Å²) in [5.74, 6) is 0. The molecule has 76 valence electrons. The van der Waals surface area contributed by atoms with Gasteiger partial charge in [-0.3, -0.25) is 0 Å². The Hall–Kier alpha value is -0.610. The molecule has 0 aliphatic heterocycles. The molecule has 0 amide bonds. The molecule has 0 unspecified atom stereocenters. The van der Waals surface area contributed by atoms with Gasteiger partial charge in [0.2, 0.25) is 0 Å². The summed E-state index contributed by atoms with van der Waals surface area (Å²) in [5.41, 5.74) is 0.978. The largest absolute Gasteiger partial charge is 0.224 e. The van der Waals surface area contributed by atoms with Crippen molar-refractivity contribution in [2.45, 2.75) is 11.8 Å². The van der Waals surface area contributed by atoms with Gasteiger partial charge in [0.25, 0.3) is 0 Å². The minimum Gasteiger partial charge on any atom is -0.224 e. The molecular weight excluding hydrogens is 264 g/mol. The lowest BCUT2D eigenvalue weighted by molar-refractivity contribution is 0.602. The van der Waals surface area contributed by atoms with Crippen LogP contribution in [0.15, 0.2) is 33.6 Å². The zero-order chi connectivity index (χ0) is 10.8. The molecule has 0 saturated heterocycles. The van der Waals surface area contributed by atoms with Crippen LogP contribution in [0.3, 0.4) is 0 Å². The highest BCUT2D eigenvalue weighted by Crippen LogP contribution is 2.14. The molecule has 0 bridgehead atoms. The van der Waals surface area contributed by atoms with E-state index in [1.54, 1.807) is 24.3 Å². The number of rotatable bonds is 2. The topological polar surface area (TPSA) is 34.1 Å². The SMILES string of the molecule is C/C(Br)=C/c1ccc(S(C)(=O)=O)cc1. The minimum atomic E-state index is -3.08. The van der Waals surface area contributed by atoms with Crippen LogP contribution in [0.4, 0.5) is 0 Å². The molecule has 1 aromatic carbocycles. The predicted molar refractivity (Wildman–Crippen MR) is 62.1 cm³/mol. The molecule has 1 rings (SSSR count). The molecule has 0 atom stereocenters. The molecule has 0 N–H and O–H groups in total. The first-order valence-corrected chi connectivity index (χ1v) is 6.72. The first kappa shape index (κ1) is 11.5. The molecule has 0 fully saturated rings. The van der Waals surface area contributed by atoms with E-state index in [1.165, 1.54) is 6.26 Å². The van der Waals surface area contributed by atoms with Gasteiger partial charge < -0.3 is 0 Å².